The molecule has 2 nitrogen and oxygen atoms in total. The molecular weight excluding hydrogens is 205 g/mol. The lowest BCUT2D eigenvalue weighted by molar-refractivity contribution is -0.137. The second-order valence-corrected chi connectivity index (χ2v) is 3.06. The van der Waals surface area contributed by atoms with Crippen LogP contribution >= 0.6 is 0 Å². The number of benzene rings is 1. The Bertz CT molecular complexity index is 429. The third-order valence-electron chi connectivity index (χ3n) is 2.04. The lowest BCUT2D eigenvalue weighted by Gasteiger charge is -2.06. The summed E-state index contributed by atoms with van der Waals surface area (Å²) in [6, 6.07) is 4.96. The average molecular weight is 212 g/mol. The molecule has 15 heavy (non-hydrogen) atoms. The summed E-state index contributed by atoms with van der Waals surface area (Å²) < 4.78 is 36.7. The van der Waals surface area contributed by atoms with Gasteiger partial charge in [0.25, 0.3) is 0 Å². The van der Waals surface area contributed by atoms with Crippen molar-refractivity contribution in [3.8, 4) is 11.1 Å². The Morgan fingerprint density at radius 3 is 2.13 bits per heavy atom. The second kappa shape index (κ2) is 3.42. The lowest BCUT2D eigenvalue weighted by Crippen LogP contribution is -2.03. The van der Waals surface area contributed by atoms with Gasteiger partial charge in [0.2, 0.25) is 0 Å². The molecule has 0 bridgehead atoms. The van der Waals surface area contributed by atoms with Crippen molar-refractivity contribution in [2.75, 3.05) is 0 Å². The molecule has 0 aliphatic carbocycles. The number of halogens is 3. The zero-order chi connectivity index (χ0) is 10.9. The van der Waals surface area contributed by atoms with E-state index in [2.05, 4.69) is 10.2 Å². The van der Waals surface area contributed by atoms with E-state index in [0.717, 1.165) is 17.7 Å². The van der Waals surface area contributed by atoms with E-state index in [1.807, 2.05) is 0 Å². The highest BCUT2D eigenvalue weighted by Gasteiger charge is 2.29. The van der Waals surface area contributed by atoms with Gasteiger partial charge in [-0.1, -0.05) is 12.1 Å². The molecule has 2 aromatic rings. The van der Waals surface area contributed by atoms with Crippen LogP contribution in [0.1, 0.15) is 5.56 Å². The largest absolute Gasteiger partial charge is 0.416 e. The van der Waals surface area contributed by atoms with Crippen LogP contribution in [-0.4, -0.2) is 10.2 Å². The molecular formula is C10H7F3N2. The first kappa shape index (κ1) is 9.76. The Hall–Kier alpha value is -1.78. The van der Waals surface area contributed by atoms with Crippen molar-refractivity contribution in [2.45, 2.75) is 6.18 Å². The summed E-state index contributed by atoms with van der Waals surface area (Å²) in [7, 11) is 0. The molecule has 0 saturated heterocycles. The molecule has 1 N–H and O–H groups in total. The van der Waals surface area contributed by atoms with Gasteiger partial charge in [-0.15, -0.1) is 0 Å². The SMILES string of the molecule is FC(F)(F)c1ccc(-c2cn[nH]c2)cc1. The van der Waals surface area contributed by atoms with Crippen molar-refractivity contribution >= 4 is 0 Å². The highest BCUT2D eigenvalue weighted by atomic mass is 19.4. The summed E-state index contributed by atoms with van der Waals surface area (Å²) in [6.07, 6.45) is -1.10. The number of rotatable bonds is 1. The standard InChI is InChI=1S/C10H7F3N2/c11-10(12,13)9-3-1-7(2-4-9)8-5-14-15-6-8/h1-6H,(H,14,15). The minimum absolute atomic E-state index is 0.644. The van der Waals surface area contributed by atoms with Crippen molar-refractivity contribution in [2.24, 2.45) is 0 Å². The molecule has 0 saturated carbocycles. The van der Waals surface area contributed by atoms with Gasteiger partial charge in [-0.25, -0.2) is 0 Å². The number of hydrogen-bond donors (Lipinski definition) is 1. The van der Waals surface area contributed by atoms with Crippen LogP contribution in [0.5, 0.6) is 0 Å². The monoisotopic (exact) mass is 212 g/mol. The molecule has 0 aliphatic rings. The number of nitrogens with zero attached hydrogens (tertiary/aromatic N) is 1. The van der Waals surface area contributed by atoms with Crippen LogP contribution in [0, 0.1) is 0 Å². The number of aromatic amines is 1. The summed E-state index contributed by atoms with van der Waals surface area (Å²) in [6.45, 7) is 0. The van der Waals surface area contributed by atoms with Crippen LogP contribution < -0.4 is 0 Å². The minimum Gasteiger partial charge on any atom is -0.285 e. The van der Waals surface area contributed by atoms with Crippen molar-refractivity contribution in [1.29, 1.82) is 0 Å². The Morgan fingerprint density at radius 2 is 1.67 bits per heavy atom. The predicted molar refractivity (Wildman–Crippen MR) is 49.0 cm³/mol. The first-order valence-corrected chi connectivity index (χ1v) is 4.24. The van der Waals surface area contributed by atoms with Gasteiger partial charge in [-0.3, -0.25) is 5.10 Å². The van der Waals surface area contributed by atoms with E-state index in [0.29, 0.717) is 5.56 Å². The Labute approximate surface area is 83.7 Å². The Kier molecular flexibility index (Phi) is 2.22. The van der Waals surface area contributed by atoms with Crippen LogP contribution in [0.4, 0.5) is 13.2 Å². The quantitative estimate of drug-likeness (QED) is 0.773. The maximum Gasteiger partial charge on any atom is 0.416 e. The van der Waals surface area contributed by atoms with Gasteiger partial charge in [-0.05, 0) is 17.7 Å². The number of hydrogen-bond acceptors (Lipinski definition) is 1. The van der Waals surface area contributed by atoms with E-state index in [1.165, 1.54) is 12.1 Å². The van der Waals surface area contributed by atoms with Crippen molar-refractivity contribution in [1.82, 2.24) is 10.2 Å². The van der Waals surface area contributed by atoms with Gasteiger partial charge in [-0.2, -0.15) is 18.3 Å². The fourth-order valence-electron chi connectivity index (χ4n) is 1.26. The lowest BCUT2D eigenvalue weighted by atomic mass is 10.1. The van der Waals surface area contributed by atoms with Crippen molar-refractivity contribution in [3.05, 3.63) is 42.2 Å². The summed E-state index contributed by atoms with van der Waals surface area (Å²) in [4.78, 5) is 0. The predicted octanol–water partition coefficient (Wildman–Crippen LogP) is 3.10. The normalized spacial score (nSPS) is 11.7. The summed E-state index contributed by atoms with van der Waals surface area (Å²) in [5, 5.41) is 6.32. The molecule has 0 spiro atoms. The highest BCUT2D eigenvalue weighted by Crippen LogP contribution is 2.30. The molecule has 1 aromatic carbocycles. The fraction of sp³-hybridized carbons (Fsp3) is 0.100. The van der Waals surface area contributed by atoms with E-state index in [-0.39, 0.29) is 0 Å². The fourth-order valence-corrected chi connectivity index (χ4v) is 1.26. The topological polar surface area (TPSA) is 28.7 Å². The van der Waals surface area contributed by atoms with Gasteiger partial charge >= 0.3 is 6.18 Å². The van der Waals surface area contributed by atoms with Crippen LogP contribution in [0.2, 0.25) is 0 Å². The van der Waals surface area contributed by atoms with E-state index in [1.54, 1.807) is 12.4 Å². The molecule has 0 unspecified atom stereocenters. The Morgan fingerprint density at radius 1 is 1.00 bits per heavy atom. The zero-order valence-electron chi connectivity index (χ0n) is 7.55. The van der Waals surface area contributed by atoms with Gasteiger partial charge in [0.15, 0.2) is 0 Å². The van der Waals surface area contributed by atoms with Crippen molar-refractivity contribution < 1.29 is 13.2 Å². The minimum atomic E-state index is -4.28. The highest BCUT2D eigenvalue weighted by molar-refractivity contribution is 5.61. The summed E-state index contributed by atoms with van der Waals surface area (Å²) >= 11 is 0. The van der Waals surface area contributed by atoms with E-state index in [9.17, 15) is 13.2 Å². The summed E-state index contributed by atoms with van der Waals surface area (Å²) in [5.41, 5.74) is 0.829. The Balaban J connectivity index is 2.33. The second-order valence-electron chi connectivity index (χ2n) is 3.06. The number of alkyl halides is 3. The smallest absolute Gasteiger partial charge is 0.285 e. The molecule has 1 heterocycles. The molecule has 0 fully saturated rings. The summed E-state index contributed by atoms with van der Waals surface area (Å²) in [5.74, 6) is 0. The number of H-pyrrole nitrogens is 1. The van der Waals surface area contributed by atoms with Gasteiger partial charge < -0.3 is 0 Å². The maximum atomic E-state index is 12.2. The van der Waals surface area contributed by atoms with Crippen LogP contribution in [0.25, 0.3) is 11.1 Å². The molecule has 0 atom stereocenters. The first-order valence-electron chi connectivity index (χ1n) is 4.24. The van der Waals surface area contributed by atoms with E-state index < -0.39 is 11.7 Å². The molecule has 5 heteroatoms. The van der Waals surface area contributed by atoms with Crippen molar-refractivity contribution in [3.63, 3.8) is 0 Å². The third-order valence-corrected chi connectivity index (χ3v) is 2.04. The van der Waals surface area contributed by atoms with Gasteiger partial charge in [0.05, 0.1) is 11.8 Å². The maximum absolute atomic E-state index is 12.2. The van der Waals surface area contributed by atoms with Crippen LogP contribution in [0.15, 0.2) is 36.7 Å². The average Bonchev–Trinajstić information content (AvgIpc) is 2.69. The van der Waals surface area contributed by atoms with Gasteiger partial charge in [0.1, 0.15) is 0 Å². The van der Waals surface area contributed by atoms with Crippen LogP contribution in [0.3, 0.4) is 0 Å². The molecule has 78 valence electrons. The van der Waals surface area contributed by atoms with Gasteiger partial charge in [0, 0.05) is 11.8 Å². The zero-order valence-corrected chi connectivity index (χ0v) is 7.55. The van der Waals surface area contributed by atoms with E-state index in [4.69, 9.17) is 0 Å². The van der Waals surface area contributed by atoms with E-state index >= 15 is 0 Å². The van der Waals surface area contributed by atoms with Crippen LogP contribution in [-0.2, 0) is 6.18 Å². The molecule has 0 radical (unpaired) electrons. The molecule has 2 rings (SSSR count). The molecule has 0 aliphatic heterocycles. The number of nitrogens with one attached hydrogen (secondary N) is 1. The molecule has 0 amide bonds. The number of aromatic nitrogens is 2. The first-order chi connectivity index (χ1) is 7.07. The molecule has 1 aromatic heterocycles. The third kappa shape index (κ3) is 2.01.